The van der Waals surface area contributed by atoms with Crippen LogP contribution in [0.25, 0.3) is 10.2 Å². The second-order valence-corrected chi connectivity index (χ2v) is 6.36. The average molecular weight is 325 g/mol. The predicted molar refractivity (Wildman–Crippen MR) is 82.0 cm³/mol. The fraction of sp³-hybridized carbons (Fsp3) is 0.167. The Bertz CT molecular complexity index is 772. The van der Waals surface area contributed by atoms with Crippen LogP contribution in [-0.2, 0) is 0 Å². The van der Waals surface area contributed by atoms with Gasteiger partial charge in [-0.25, -0.2) is 4.98 Å². The SMILES string of the molecule is Cc1nnsc1C(=O)Nc1nc2c(C)ccc(Cl)c2s1. The van der Waals surface area contributed by atoms with Crippen LogP contribution in [0.5, 0.6) is 0 Å². The summed E-state index contributed by atoms with van der Waals surface area (Å²) < 4.78 is 4.62. The van der Waals surface area contributed by atoms with Gasteiger partial charge in [0.05, 0.1) is 20.9 Å². The Morgan fingerprint density at radius 2 is 2.15 bits per heavy atom. The van der Waals surface area contributed by atoms with Crippen molar-refractivity contribution in [1.82, 2.24) is 14.6 Å². The van der Waals surface area contributed by atoms with Gasteiger partial charge in [-0.2, -0.15) is 0 Å². The zero-order chi connectivity index (χ0) is 14.3. The summed E-state index contributed by atoms with van der Waals surface area (Å²) in [6.07, 6.45) is 0. The summed E-state index contributed by atoms with van der Waals surface area (Å²) in [6.45, 7) is 3.71. The fourth-order valence-corrected chi connectivity index (χ4v) is 3.51. The van der Waals surface area contributed by atoms with E-state index in [9.17, 15) is 4.79 Å². The number of aryl methyl sites for hydroxylation is 2. The van der Waals surface area contributed by atoms with Gasteiger partial charge in [-0.1, -0.05) is 33.5 Å². The van der Waals surface area contributed by atoms with Crippen molar-refractivity contribution in [2.24, 2.45) is 0 Å². The second-order valence-electron chi connectivity index (χ2n) is 4.20. The molecule has 0 radical (unpaired) electrons. The van der Waals surface area contributed by atoms with Gasteiger partial charge in [0, 0.05) is 0 Å². The third kappa shape index (κ3) is 2.28. The summed E-state index contributed by atoms with van der Waals surface area (Å²) in [5, 5.41) is 7.75. The minimum atomic E-state index is -0.245. The molecule has 0 bridgehead atoms. The molecule has 0 aliphatic heterocycles. The maximum Gasteiger partial charge on any atom is 0.271 e. The van der Waals surface area contributed by atoms with E-state index in [-0.39, 0.29) is 5.91 Å². The number of anilines is 1. The Balaban J connectivity index is 1.96. The molecule has 1 aromatic carbocycles. The zero-order valence-electron chi connectivity index (χ0n) is 10.6. The van der Waals surface area contributed by atoms with E-state index in [1.54, 1.807) is 6.92 Å². The van der Waals surface area contributed by atoms with Crippen molar-refractivity contribution >= 4 is 55.7 Å². The predicted octanol–water partition coefficient (Wildman–Crippen LogP) is 3.67. The summed E-state index contributed by atoms with van der Waals surface area (Å²) in [4.78, 5) is 17.0. The van der Waals surface area contributed by atoms with Crippen LogP contribution < -0.4 is 5.32 Å². The Morgan fingerprint density at radius 3 is 2.80 bits per heavy atom. The molecule has 3 aromatic rings. The number of amides is 1. The highest BCUT2D eigenvalue weighted by Crippen LogP contribution is 2.34. The third-order valence-electron chi connectivity index (χ3n) is 2.78. The van der Waals surface area contributed by atoms with E-state index in [4.69, 9.17) is 11.6 Å². The highest BCUT2D eigenvalue weighted by molar-refractivity contribution is 7.23. The Hall–Kier alpha value is -1.57. The molecule has 0 saturated heterocycles. The van der Waals surface area contributed by atoms with Crippen LogP contribution in [0.1, 0.15) is 20.9 Å². The quantitative estimate of drug-likeness (QED) is 0.781. The van der Waals surface area contributed by atoms with Crippen LogP contribution in [0.2, 0.25) is 5.02 Å². The molecule has 20 heavy (non-hydrogen) atoms. The molecule has 0 spiro atoms. The maximum absolute atomic E-state index is 12.1. The van der Waals surface area contributed by atoms with E-state index < -0.39 is 0 Å². The maximum atomic E-state index is 12.1. The first kappa shape index (κ1) is 13.4. The summed E-state index contributed by atoms with van der Waals surface area (Å²) >= 11 is 8.57. The van der Waals surface area contributed by atoms with Crippen molar-refractivity contribution in [3.8, 4) is 0 Å². The molecule has 0 unspecified atom stereocenters. The lowest BCUT2D eigenvalue weighted by atomic mass is 10.2. The molecule has 2 aromatic heterocycles. The third-order valence-corrected chi connectivity index (χ3v) is 5.03. The molecule has 0 fully saturated rings. The molecule has 1 N–H and O–H groups in total. The largest absolute Gasteiger partial charge is 0.297 e. The number of fused-ring (bicyclic) bond motifs is 1. The minimum Gasteiger partial charge on any atom is -0.297 e. The number of thiazole rings is 1. The van der Waals surface area contributed by atoms with Gasteiger partial charge in [-0.3, -0.25) is 10.1 Å². The van der Waals surface area contributed by atoms with Gasteiger partial charge < -0.3 is 0 Å². The molecule has 0 saturated carbocycles. The first-order chi connectivity index (χ1) is 9.56. The minimum absolute atomic E-state index is 0.245. The smallest absolute Gasteiger partial charge is 0.271 e. The lowest BCUT2D eigenvalue weighted by Gasteiger charge is -1.97. The van der Waals surface area contributed by atoms with Gasteiger partial charge in [-0.15, -0.1) is 5.10 Å². The Kier molecular flexibility index (Phi) is 3.41. The van der Waals surface area contributed by atoms with Crippen molar-refractivity contribution in [2.45, 2.75) is 13.8 Å². The number of benzene rings is 1. The molecule has 5 nitrogen and oxygen atoms in total. The summed E-state index contributed by atoms with van der Waals surface area (Å²) in [7, 11) is 0. The second kappa shape index (κ2) is 5.08. The molecule has 2 heterocycles. The highest BCUT2D eigenvalue weighted by Gasteiger charge is 2.16. The number of carbonyl (C=O) groups excluding carboxylic acids is 1. The van der Waals surface area contributed by atoms with Gasteiger partial charge in [0.15, 0.2) is 5.13 Å². The van der Waals surface area contributed by atoms with E-state index in [0.29, 0.717) is 20.7 Å². The molecule has 8 heteroatoms. The van der Waals surface area contributed by atoms with Gasteiger partial charge in [0.2, 0.25) is 0 Å². The van der Waals surface area contributed by atoms with E-state index in [1.807, 2.05) is 19.1 Å². The van der Waals surface area contributed by atoms with Crippen molar-refractivity contribution in [2.75, 3.05) is 5.32 Å². The number of rotatable bonds is 2. The lowest BCUT2D eigenvalue weighted by molar-refractivity contribution is 0.103. The summed E-state index contributed by atoms with van der Waals surface area (Å²) in [6, 6.07) is 3.74. The molecule has 3 rings (SSSR count). The van der Waals surface area contributed by atoms with Gasteiger partial charge in [0.25, 0.3) is 5.91 Å². The number of carbonyl (C=O) groups is 1. The van der Waals surface area contributed by atoms with E-state index in [0.717, 1.165) is 27.3 Å². The number of halogens is 1. The Morgan fingerprint density at radius 1 is 1.35 bits per heavy atom. The Labute approximate surface area is 127 Å². The monoisotopic (exact) mass is 324 g/mol. The van der Waals surface area contributed by atoms with Crippen molar-refractivity contribution in [3.05, 3.63) is 33.3 Å². The molecule has 102 valence electrons. The molecule has 0 atom stereocenters. The first-order valence-electron chi connectivity index (χ1n) is 5.72. The topological polar surface area (TPSA) is 67.8 Å². The summed E-state index contributed by atoms with van der Waals surface area (Å²) in [5.41, 5.74) is 2.46. The van der Waals surface area contributed by atoms with Gasteiger partial charge in [0.1, 0.15) is 4.88 Å². The van der Waals surface area contributed by atoms with Crippen LogP contribution in [0, 0.1) is 13.8 Å². The number of nitrogens with zero attached hydrogens (tertiary/aromatic N) is 3. The van der Waals surface area contributed by atoms with E-state index >= 15 is 0 Å². The fourth-order valence-electron chi connectivity index (χ4n) is 1.75. The molecular weight excluding hydrogens is 316 g/mol. The lowest BCUT2D eigenvalue weighted by Crippen LogP contribution is -2.11. The van der Waals surface area contributed by atoms with Crippen molar-refractivity contribution in [3.63, 3.8) is 0 Å². The highest BCUT2D eigenvalue weighted by atomic mass is 35.5. The first-order valence-corrected chi connectivity index (χ1v) is 7.69. The molecule has 0 aliphatic rings. The normalized spacial score (nSPS) is 10.9. The van der Waals surface area contributed by atoms with Crippen LogP contribution >= 0.6 is 34.5 Å². The van der Waals surface area contributed by atoms with Crippen LogP contribution in [0.15, 0.2) is 12.1 Å². The number of hydrogen-bond donors (Lipinski definition) is 1. The molecule has 1 amide bonds. The van der Waals surface area contributed by atoms with E-state index in [1.165, 1.54) is 11.3 Å². The van der Waals surface area contributed by atoms with E-state index in [2.05, 4.69) is 19.9 Å². The number of nitrogens with one attached hydrogen (secondary N) is 1. The van der Waals surface area contributed by atoms with Gasteiger partial charge >= 0.3 is 0 Å². The number of aromatic nitrogens is 3. The molecular formula is C12H9ClN4OS2. The van der Waals surface area contributed by atoms with Crippen molar-refractivity contribution < 1.29 is 4.79 Å². The van der Waals surface area contributed by atoms with Crippen LogP contribution in [0.3, 0.4) is 0 Å². The molecule has 0 aliphatic carbocycles. The van der Waals surface area contributed by atoms with Crippen LogP contribution in [0.4, 0.5) is 5.13 Å². The van der Waals surface area contributed by atoms with Gasteiger partial charge in [-0.05, 0) is 37.0 Å². The zero-order valence-corrected chi connectivity index (χ0v) is 13.0. The van der Waals surface area contributed by atoms with Crippen LogP contribution in [-0.4, -0.2) is 20.5 Å². The summed E-state index contributed by atoms with van der Waals surface area (Å²) in [5.74, 6) is -0.245. The average Bonchev–Trinajstić information content (AvgIpc) is 3.01. The number of hydrogen-bond acceptors (Lipinski definition) is 6. The standard InChI is InChI=1S/C12H9ClN4OS2/c1-5-3-4-7(13)10-8(5)14-12(19-10)15-11(18)9-6(2)16-17-20-9/h3-4H,1-2H3,(H,14,15,18). The van der Waals surface area contributed by atoms with Crippen molar-refractivity contribution in [1.29, 1.82) is 0 Å².